The van der Waals surface area contributed by atoms with E-state index in [0.717, 1.165) is 0 Å². The number of nitrogens with one attached hydrogen (secondary N) is 2. The van der Waals surface area contributed by atoms with E-state index >= 15 is 0 Å². The van der Waals surface area contributed by atoms with Crippen LogP contribution in [0.3, 0.4) is 0 Å². The molecule has 0 radical (unpaired) electrons. The van der Waals surface area contributed by atoms with Crippen LogP contribution in [0.15, 0.2) is 30.0 Å². The standard InChI is InChI=1S/C12H10N6OS/c1-7(19)10-8(5-15-18-10)9-6-20-12(16-9)17-11-13-3-2-4-14-11/h2-6H,1H3,(H,15,18)(H,13,14,16,17). The molecule has 0 saturated carbocycles. The summed E-state index contributed by atoms with van der Waals surface area (Å²) in [5, 5.41) is 12.1. The first kappa shape index (κ1) is 12.4. The van der Waals surface area contributed by atoms with Gasteiger partial charge in [0.1, 0.15) is 5.69 Å². The van der Waals surface area contributed by atoms with Crippen LogP contribution in [0.5, 0.6) is 0 Å². The van der Waals surface area contributed by atoms with E-state index < -0.39 is 0 Å². The van der Waals surface area contributed by atoms with Gasteiger partial charge in [0.05, 0.1) is 11.9 Å². The van der Waals surface area contributed by atoms with Crippen molar-refractivity contribution in [2.24, 2.45) is 0 Å². The zero-order chi connectivity index (χ0) is 13.9. The molecule has 0 bridgehead atoms. The summed E-state index contributed by atoms with van der Waals surface area (Å²) >= 11 is 1.41. The van der Waals surface area contributed by atoms with Crippen molar-refractivity contribution in [1.82, 2.24) is 25.1 Å². The van der Waals surface area contributed by atoms with Crippen LogP contribution in [0.1, 0.15) is 17.4 Å². The summed E-state index contributed by atoms with van der Waals surface area (Å²) in [4.78, 5) is 24.0. The average molecular weight is 286 g/mol. The van der Waals surface area contributed by atoms with E-state index in [-0.39, 0.29) is 5.78 Å². The Morgan fingerprint density at radius 2 is 2.15 bits per heavy atom. The van der Waals surface area contributed by atoms with E-state index in [9.17, 15) is 4.79 Å². The normalized spacial score (nSPS) is 10.4. The van der Waals surface area contributed by atoms with Gasteiger partial charge in [-0.05, 0) is 6.07 Å². The van der Waals surface area contributed by atoms with Crippen LogP contribution in [-0.4, -0.2) is 30.9 Å². The number of Topliss-reactive ketones (excluding diaryl/α,β-unsaturated/α-hetero) is 1. The molecule has 2 N–H and O–H groups in total. The maximum absolute atomic E-state index is 11.5. The quantitative estimate of drug-likeness (QED) is 0.714. The fraction of sp³-hybridized carbons (Fsp3) is 0.0833. The number of thiazole rings is 1. The highest BCUT2D eigenvalue weighted by Gasteiger charge is 2.14. The second kappa shape index (κ2) is 5.17. The number of carbonyl (C=O) groups excluding carboxylic acids is 1. The van der Waals surface area contributed by atoms with Gasteiger partial charge in [-0.25, -0.2) is 15.0 Å². The number of carbonyl (C=O) groups is 1. The van der Waals surface area contributed by atoms with Crippen LogP contribution in [0.4, 0.5) is 11.1 Å². The molecule has 0 atom stereocenters. The van der Waals surface area contributed by atoms with Gasteiger partial charge in [0.2, 0.25) is 5.95 Å². The second-order valence-corrected chi connectivity index (χ2v) is 4.81. The summed E-state index contributed by atoms with van der Waals surface area (Å²) in [6, 6.07) is 1.74. The van der Waals surface area contributed by atoms with Gasteiger partial charge in [-0.15, -0.1) is 11.3 Å². The Bertz CT molecular complexity index is 735. The van der Waals surface area contributed by atoms with Crippen molar-refractivity contribution >= 4 is 28.2 Å². The molecule has 100 valence electrons. The van der Waals surface area contributed by atoms with Gasteiger partial charge < -0.3 is 5.32 Å². The number of aromatic amines is 1. The van der Waals surface area contributed by atoms with E-state index in [4.69, 9.17) is 0 Å². The van der Waals surface area contributed by atoms with Gasteiger partial charge in [0, 0.05) is 30.3 Å². The Labute approximate surface area is 118 Å². The molecule has 0 aliphatic heterocycles. The molecule has 0 amide bonds. The molecule has 0 aliphatic carbocycles. The summed E-state index contributed by atoms with van der Waals surface area (Å²) < 4.78 is 0. The third-order valence-electron chi connectivity index (χ3n) is 2.56. The van der Waals surface area contributed by atoms with Crippen molar-refractivity contribution < 1.29 is 4.79 Å². The van der Waals surface area contributed by atoms with E-state index in [1.165, 1.54) is 18.3 Å². The molecule has 3 aromatic heterocycles. The van der Waals surface area contributed by atoms with Crippen molar-refractivity contribution in [3.05, 3.63) is 35.7 Å². The number of anilines is 2. The van der Waals surface area contributed by atoms with Crippen molar-refractivity contribution in [2.75, 3.05) is 5.32 Å². The number of ketones is 1. The van der Waals surface area contributed by atoms with Crippen LogP contribution in [0.2, 0.25) is 0 Å². The molecule has 7 nitrogen and oxygen atoms in total. The molecule has 3 rings (SSSR count). The molecule has 20 heavy (non-hydrogen) atoms. The molecular weight excluding hydrogens is 276 g/mol. The lowest BCUT2D eigenvalue weighted by Gasteiger charge is -1.98. The van der Waals surface area contributed by atoms with E-state index in [1.54, 1.807) is 24.7 Å². The highest BCUT2D eigenvalue weighted by molar-refractivity contribution is 7.14. The minimum atomic E-state index is -0.0774. The molecule has 0 unspecified atom stereocenters. The molecule has 0 aromatic carbocycles. The number of rotatable bonds is 4. The van der Waals surface area contributed by atoms with Gasteiger partial charge in [-0.1, -0.05) is 0 Å². The maximum Gasteiger partial charge on any atom is 0.228 e. The number of H-pyrrole nitrogens is 1. The monoisotopic (exact) mass is 286 g/mol. The lowest BCUT2D eigenvalue weighted by atomic mass is 10.1. The highest BCUT2D eigenvalue weighted by atomic mass is 32.1. The molecule has 0 saturated heterocycles. The van der Waals surface area contributed by atoms with Gasteiger partial charge in [0.15, 0.2) is 10.9 Å². The SMILES string of the molecule is CC(=O)c1[nH]ncc1-c1csc(Nc2ncccn2)n1. The van der Waals surface area contributed by atoms with E-state index in [1.807, 2.05) is 5.38 Å². The lowest BCUT2D eigenvalue weighted by molar-refractivity contribution is 0.101. The number of nitrogens with zero attached hydrogens (tertiary/aromatic N) is 4. The zero-order valence-electron chi connectivity index (χ0n) is 10.5. The predicted octanol–water partition coefficient (Wildman–Crippen LogP) is 2.27. The van der Waals surface area contributed by atoms with Crippen LogP contribution in [-0.2, 0) is 0 Å². The van der Waals surface area contributed by atoms with Crippen molar-refractivity contribution in [3.8, 4) is 11.3 Å². The summed E-state index contributed by atoms with van der Waals surface area (Å²) in [6.45, 7) is 1.49. The van der Waals surface area contributed by atoms with Crippen molar-refractivity contribution in [1.29, 1.82) is 0 Å². The predicted molar refractivity (Wildman–Crippen MR) is 75.0 cm³/mol. The van der Waals surface area contributed by atoms with Gasteiger partial charge in [0.25, 0.3) is 0 Å². The summed E-state index contributed by atoms with van der Waals surface area (Å²) in [6.07, 6.45) is 4.89. The van der Waals surface area contributed by atoms with Gasteiger partial charge in [-0.2, -0.15) is 5.10 Å². The average Bonchev–Trinajstić information content (AvgIpc) is 3.07. The largest absolute Gasteiger partial charge is 0.300 e. The Balaban J connectivity index is 1.87. The van der Waals surface area contributed by atoms with Crippen LogP contribution < -0.4 is 5.32 Å². The Kier molecular flexibility index (Phi) is 3.21. The first-order chi connectivity index (χ1) is 9.74. The van der Waals surface area contributed by atoms with Gasteiger partial charge >= 0.3 is 0 Å². The minimum Gasteiger partial charge on any atom is -0.300 e. The zero-order valence-corrected chi connectivity index (χ0v) is 11.3. The smallest absolute Gasteiger partial charge is 0.228 e. The minimum absolute atomic E-state index is 0.0774. The van der Waals surface area contributed by atoms with E-state index in [2.05, 4.69) is 30.5 Å². The highest BCUT2D eigenvalue weighted by Crippen LogP contribution is 2.27. The number of hydrogen-bond donors (Lipinski definition) is 2. The number of aromatic nitrogens is 5. The Hall–Kier alpha value is -2.61. The fourth-order valence-corrected chi connectivity index (χ4v) is 2.37. The third-order valence-corrected chi connectivity index (χ3v) is 3.31. The molecule has 0 aliphatic rings. The third kappa shape index (κ3) is 2.41. The molecular formula is C12H10N6OS. The Morgan fingerprint density at radius 1 is 1.35 bits per heavy atom. The first-order valence-corrected chi connectivity index (χ1v) is 6.66. The number of hydrogen-bond acceptors (Lipinski definition) is 7. The molecule has 3 heterocycles. The molecule has 3 aromatic rings. The van der Waals surface area contributed by atoms with Crippen molar-refractivity contribution in [3.63, 3.8) is 0 Å². The maximum atomic E-state index is 11.5. The Morgan fingerprint density at radius 3 is 2.90 bits per heavy atom. The summed E-state index contributed by atoms with van der Waals surface area (Å²) in [7, 11) is 0. The van der Waals surface area contributed by atoms with E-state index in [0.29, 0.717) is 28.0 Å². The topological polar surface area (TPSA) is 96.5 Å². The lowest BCUT2D eigenvalue weighted by Crippen LogP contribution is -1.96. The van der Waals surface area contributed by atoms with Crippen LogP contribution in [0, 0.1) is 0 Å². The van der Waals surface area contributed by atoms with Gasteiger partial charge in [-0.3, -0.25) is 9.89 Å². The molecule has 0 spiro atoms. The first-order valence-electron chi connectivity index (χ1n) is 5.78. The fourth-order valence-electron chi connectivity index (χ4n) is 1.66. The second-order valence-electron chi connectivity index (χ2n) is 3.95. The summed E-state index contributed by atoms with van der Waals surface area (Å²) in [5.74, 6) is 0.402. The van der Waals surface area contributed by atoms with Crippen LogP contribution in [0.25, 0.3) is 11.3 Å². The summed E-state index contributed by atoms with van der Waals surface area (Å²) in [5.41, 5.74) is 1.83. The van der Waals surface area contributed by atoms with Crippen molar-refractivity contribution in [2.45, 2.75) is 6.92 Å². The molecule has 0 fully saturated rings. The molecule has 8 heteroatoms. The van der Waals surface area contributed by atoms with Crippen LogP contribution >= 0.6 is 11.3 Å².